The normalized spacial score (nSPS) is 10.2. The van der Waals surface area contributed by atoms with Gasteiger partial charge in [0.15, 0.2) is 0 Å². The fraction of sp³-hybridized carbons (Fsp3) is 0.571. The third kappa shape index (κ3) is 1.57. The van der Waals surface area contributed by atoms with Crippen molar-refractivity contribution in [3.8, 4) is 0 Å². The zero-order chi connectivity index (χ0) is 7.40. The molecular weight excluding hydrogens is 128 g/mol. The van der Waals surface area contributed by atoms with Crippen molar-refractivity contribution < 1.29 is 4.74 Å². The molecule has 1 aromatic rings. The Bertz CT molecular complexity index is 195. The second kappa shape index (κ2) is 3.37. The molecule has 0 fully saturated rings. The van der Waals surface area contributed by atoms with E-state index in [4.69, 9.17) is 4.74 Å². The summed E-state index contributed by atoms with van der Waals surface area (Å²) in [6.45, 7) is 0.721. The molecule has 3 nitrogen and oxygen atoms in total. The summed E-state index contributed by atoms with van der Waals surface area (Å²) in [6.07, 6.45) is 5.46. The van der Waals surface area contributed by atoms with E-state index in [9.17, 15) is 0 Å². The van der Waals surface area contributed by atoms with Gasteiger partial charge in [-0.1, -0.05) is 0 Å². The van der Waals surface area contributed by atoms with E-state index >= 15 is 0 Å². The maximum absolute atomic E-state index is 4.90. The largest absolute Gasteiger partial charge is 0.384 e. The molecule has 1 radical (unpaired) electrons. The highest BCUT2D eigenvalue weighted by atomic mass is 16.5. The van der Waals surface area contributed by atoms with Gasteiger partial charge in [0.05, 0.1) is 19.0 Å². The fourth-order valence-corrected chi connectivity index (χ4v) is 0.777. The summed E-state index contributed by atoms with van der Waals surface area (Å²) >= 11 is 0. The van der Waals surface area contributed by atoms with Crippen LogP contribution in [0.25, 0.3) is 0 Å². The molecule has 0 aliphatic rings. The van der Waals surface area contributed by atoms with Crippen LogP contribution in [0.2, 0.25) is 0 Å². The van der Waals surface area contributed by atoms with Gasteiger partial charge in [-0.3, -0.25) is 0 Å². The number of rotatable bonds is 3. The number of aryl methyl sites for hydroxylation is 1. The van der Waals surface area contributed by atoms with Crippen molar-refractivity contribution in [2.24, 2.45) is 7.05 Å². The lowest BCUT2D eigenvalue weighted by Gasteiger charge is -1.98. The molecule has 1 rings (SSSR count). The van der Waals surface area contributed by atoms with E-state index in [0.717, 1.165) is 18.9 Å². The predicted octanol–water partition coefficient (Wildman–Crippen LogP) is 0.409. The van der Waals surface area contributed by atoms with Crippen LogP contribution in [0.4, 0.5) is 0 Å². The first-order chi connectivity index (χ1) is 4.84. The monoisotopic (exact) mass is 139 g/mol. The molecule has 0 aromatic carbocycles. The SMILES string of the molecule is COCCc1nc[c]n1C. The quantitative estimate of drug-likeness (QED) is 0.606. The molecule has 3 heteroatoms. The van der Waals surface area contributed by atoms with Gasteiger partial charge in [0.2, 0.25) is 0 Å². The van der Waals surface area contributed by atoms with Gasteiger partial charge in [0.25, 0.3) is 0 Å². The van der Waals surface area contributed by atoms with Crippen LogP contribution in [0.15, 0.2) is 6.20 Å². The van der Waals surface area contributed by atoms with E-state index in [2.05, 4.69) is 11.2 Å². The molecule has 0 spiro atoms. The summed E-state index contributed by atoms with van der Waals surface area (Å²) in [5, 5.41) is 0. The molecule has 0 aliphatic carbocycles. The Morgan fingerprint density at radius 2 is 2.60 bits per heavy atom. The van der Waals surface area contributed by atoms with E-state index in [1.165, 1.54) is 0 Å². The van der Waals surface area contributed by atoms with Crippen molar-refractivity contribution in [3.05, 3.63) is 18.2 Å². The van der Waals surface area contributed by atoms with Gasteiger partial charge in [-0.2, -0.15) is 0 Å². The first kappa shape index (κ1) is 7.28. The number of nitrogens with zero attached hydrogens (tertiary/aromatic N) is 2. The predicted molar refractivity (Wildman–Crippen MR) is 37.6 cm³/mol. The first-order valence-corrected chi connectivity index (χ1v) is 3.22. The molecule has 0 aliphatic heterocycles. The molecule has 55 valence electrons. The van der Waals surface area contributed by atoms with E-state index in [0.29, 0.717) is 0 Å². The lowest BCUT2D eigenvalue weighted by atomic mass is 10.4. The maximum Gasteiger partial charge on any atom is 0.111 e. The van der Waals surface area contributed by atoms with Crippen LogP contribution in [0.5, 0.6) is 0 Å². The Morgan fingerprint density at radius 3 is 3.10 bits per heavy atom. The highest BCUT2D eigenvalue weighted by Gasteiger charge is 1.96. The number of methoxy groups -OCH3 is 1. The smallest absolute Gasteiger partial charge is 0.111 e. The van der Waals surface area contributed by atoms with Crippen LogP contribution >= 0.6 is 0 Å². The zero-order valence-corrected chi connectivity index (χ0v) is 6.29. The lowest BCUT2D eigenvalue weighted by molar-refractivity contribution is 0.200. The van der Waals surface area contributed by atoms with Gasteiger partial charge in [0.1, 0.15) is 5.82 Å². The number of hydrogen-bond acceptors (Lipinski definition) is 2. The summed E-state index contributed by atoms with van der Waals surface area (Å²) in [5.74, 6) is 1.02. The fourth-order valence-electron chi connectivity index (χ4n) is 0.777. The Morgan fingerprint density at radius 1 is 1.80 bits per heavy atom. The third-order valence-corrected chi connectivity index (χ3v) is 1.38. The molecule has 0 unspecified atom stereocenters. The summed E-state index contributed by atoms with van der Waals surface area (Å²) in [5.41, 5.74) is 0. The van der Waals surface area contributed by atoms with Crippen LogP contribution in [0, 0.1) is 6.20 Å². The van der Waals surface area contributed by atoms with Crippen molar-refractivity contribution in [2.75, 3.05) is 13.7 Å². The number of aromatic nitrogens is 2. The van der Waals surface area contributed by atoms with Gasteiger partial charge in [-0.05, 0) is 0 Å². The van der Waals surface area contributed by atoms with Crippen molar-refractivity contribution in [2.45, 2.75) is 6.42 Å². The average Bonchev–Trinajstić information content (AvgIpc) is 2.31. The first-order valence-electron chi connectivity index (χ1n) is 3.22. The summed E-state index contributed by atoms with van der Waals surface area (Å²) in [4.78, 5) is 4.08. The van der Waals surface area contributed by atoms with Gasteiger partial charge in [-0.25, -0.2) is 4.98 Å². The standard InChI is InChI=1S/C7H11N2O/c1-9-5-4-8-7(9)3-6-10-2/h4H,3,6H2,1-2H3. The molecule has 0 bridgehead atoms. The molecule has 0 N–H and O–H groups in total. The van der Waals surface area contributed by atoms with E-state index in [1.54, 1.807) is 13.3 Å². The second-order valence-corrected chi connectivity index (χ2v) is 2.11. The summed E-state index contributed by atoms with van der Waals surface area (Å²) in [7, 11) is 3.62. The Kier molecular flexibility index (Phi) is 2.45. The van der Waals surface area contributed by atoms with Crippen LogP contribution in [0.1, 0.15) is 5.82 Å². The number of ether oxygens (including phenoxy) is 1. The minimum Gasteiger partial charge on any atom is -0.384 e. The Labute approximate surface area is 60.6 Å². The molecule has 0 saturated heterocycles. The number of imidazole rings is 1. The molecule has 0 atom stereocenters. The van der Waals surface area contributed by atoms with Gasteiger partial charge < -0.3 is 9.30 Å². The Hall–Kier alpha value is -0.830. The van der Waals surface area contributed by atoms with E-state index in [1.807, 2.05) is 11.6 Å². The summed E-state index contributed by atoms with van der Waals surface area (Å²) < 4.78 is 6.78. The average molecular weight is 139 g/mol. The van der Waals surface area contributed by atoms with Crippen molar-refractivity contribution in [1.82, 2.24) is 9.55 Å². The van der Waals surface area contributed by atoms with Gasteiger partial charge in [-0.15, -0.1) is 0 Å². The Balaban J connectivity index is 2.49. The summed E-state index contributed by atoms with van der Waals surface area (Å²) in [6, 6.07) is 0. The van der Waals surface area contributed by atoms with E-state index in [-0.39, 0.29) is 0 Å². The van der Waals surface area contributed by atoms with Crippen LogP contribution < -0.4 is 0 Å². The minimum absolute atomic E-state index is 0.721. The van der Waals surface area contributed by atoms with Crippen LogP contribution in [-0.4, -0.2) is 23.3 Å². The third-order valence-electron chi connectivity index (χ3n) is 1.38. The topological polar surface area (TPSA) is 27.1 Å². The molecule has 0 amide bonds. The molecule has 10 heavy (non-hydrogen) atoms. The minimum atomic E-state index is 0.721. The molecule has 1 heterocycles. The van der Waals surface area contributed by atoms with Gasteiger partial charge in [0, 0.05) is 20.6 Å². The van der Waals surface area contributed by atoms with Crippen molar-refractivity contribution in [3.63, 3.8) is 0 Å². The lowest BCUT2D eigenvalue weighted by Crippen LogP contribution is -2.01. The van der Waals surface area contributed by atoms with Crippen molar-refractivity contribution in [1.29, 1.82) is 0 Å². The second-order valence-electron chi connectivity index (χ2n) is 2.11. The zero-order valence-electron chi connectivity index (χ0n) is 6.29. The van der Waals surface area contributed by atoms with Crippen LogP contribution in [0.3, 0.4) is 0 Å². The van der Waals surface area contributed by atoms with Crippen LogP contribution in [-0.2, 0) is 18.2 Å². The highest BCUT2D eigenvalue weighted by molar-refractivity contribution is 4.89. The maximum atomic E-state index is 4.90. The molecule has 0 saturated carbocycles. The van der Waals surface area contributed by atoms with Crippen molar-refractivity contribution >= 4 is 0 Å². The molecular formula is C7H11N2O. The molecule has 1 aromatic heterocycles. The van der Waals surface area contributed by atoms with Gasteiger partial charge >= 0.3 is 0 Å². The van der Waals surface area contributed by atoms with E-state index < -0.39 is 0 Å². The highest BCUT2D eigenvalue weighted by Crippen LogP contribution is 1.93. The number of hydrogen-bond donors (Lipinski definition) is 0.